The van der Waals surface area contributed by atoms with E-state index in [0.717, 1.165) is 25.8 Å². The Labute approximate surface area is 112 Å². The van der Waals surface area contributed by atoms with E-state index >= 15 is 0 Å². The van der Waals surface area contributed by atoms with Crippen molar-refractivity contribution < 1.29 is 0 Å². The number of aromatic nitrogens is 2. The molecule has 2 aromatic rings. The van der Waals surface area contributed by atoms with E-state index < -0.39 is 0 Å². The third-order valence-electron chi connectivity index (χ3n) is 3.52. The molecule has 1 aliphatic rings. The Balaban J connectivity index is 1.98. The molecule has 1 unspecified atom stereocenters. The Morgan fingerprint density at radius 1 is 1.56 bits per heavy atom. The van der Waals surface area contributed by atoms with Gasteiger partial charge in [-0.05, 0) is 36.8 Å². The van der Waals surface area contributed by atoms with Crippen LogP contribution in [0.4, 0.5) is 5.82 Å². The predicted molar refractivity (Wildman–Crippen MR) is 76.5 cm³/mol. The van der Waals surface area contributed by atoms with Gasteiger partial charge >= 0.3 is 0 Å². The van der Waals surface area contributed by atoms with Crippen LogP contribution in [-0.4, -0.2) is 16.3 Å². The Morgan fingerprint density at radius 3 is 3.17 bits per heavy atom. The smallest absolute Gasteiger partial charge is 0.125 e. The number of fused-ring (bicyclic) bond motifs is 1. The molecule has 0 saturated carbocycles. The summed E-state index contributed by atoms with van der Waals surface area (Å²) < 4.78 is 2.19. The van der Waals surface area contributed by atoms with Gasteiger partial charge in [-0.3, -0.25) is 0 Å². The van der Waals surface area contributed by atoms with Crippen LogP contribution in [0.3, 0.4) is 0 Å². The first-order valence-electron chi connectivity index (χ1n) is 6.66. The fourth-order valence-electron chi connectivity index (χ4n) is 2.62. The quantitative estimate of drug-likeness (QED) is 0.914. The number of thiophene rings is 1. The molecule has 2 aromatic heterocycles. The molecule has 18 heavy (non-hydrogen) atoms. The molecule has 0 amide bonds. The molecule has 4 heteroatoms. The molecule has 0 aliphatic carbocycles. The van der Waals surface area contributed by atoms with Gasteiger partial charge in [0.25, 0.3) is 0 Å². The van der Waals surface area contributed by atoms with Gasteiger partial charge in [0.05, 0.1) is 11.7 Å². The van der Waals surface area contributed by atoms with Crippen molar-refractivity contribution >= 4 is 17.2 Å². The van der Waals surface area contributed by atoms with Crippen LogP contribution in [0.15, 0.2) is 17.5 Å². The fraction of sp³-hybridized carbons (Fsp3) is 0.500. The molecule has 3 nitrogen and oxygen atoms in total. The molecule has 0 spiro atoms. The van der Waals surface area contributed by atoms with Crippen molar-refractivity contribution in [1.29, 1.82) is 0 Å². The van der Waals surface area contributed by atoms with Crippen molar-refractivity contribution in [3.63, 3.8) is 0 Å². The van der Waals surface area contributed by atoms with E-state index in [0.29, 0.717) is 6.04 Å². The molecule has 0 bridgehead atoms. The van der Waals surface area contributed by atoms with Crippen LogP contribution >= 0.6 is 11.3 Å². The van der Waals surface area contributed by atoms with Gasteiger partial charge in [-0.25, -0.2) is 4.68 Å². The summed E-state index contributed by atoms with van der Waals surface area (Å²) in [7, 11) is 0. The zero-order valence-corrected chi connectivity index (χ0v) is 11.8. The SMILES string of the molecule is CCCc1cc2n(n1)C(c1sccc1C)CCN2. The molecule has 1 atom stereocenters. The summed E-state index contributed by atoms with van der Waals surface area (Å²) in [5.41, 5.74) is 2.60. The number of hydrogen-bond donors (Lipinski definition) is 1. The Morgan fingerprint density at radius 2 is 2.44 bits per heavy atom. The molecular weight excluding hydrogens is 242 g/mol. The van der Waals surface area contributed by atoms with E-state index in [2.05, 4.69) is 41.4 Å². The van der Waals surface area contributed by atoms with Crippen molar-refractivity contribution in [3.05, 3.63) is 33.6 Å². The van der Waals surface area contributed by atoms with Crippen molar-refractivity contribution in [3.8, 4) is 0 Å². The second kappa shape index (κ2) is 4.76. The Kier molecular flexibility index (Phi) is 3.12. The van der Waals surface area contributed by atoms with Crippen molar-refractivity contribution in [1.82, 2.24) is 9.78 Å². The normalized spacial score (nSPS) is 18.4. The van der Waals surface area contributed by atoms with Gasteiger partial charge in [-0.1, -0.05) is 13.3 Å². The van der Waals surface area contributed by atoms with Gasteiger partial charge in [0.2, 0.25) is 0 Å². The van der Waals surface area contributed by atoms with Crippen LogP contribution in [-0.2, 0) is 6.42 Å². The molecule has 1 aliphatic heterocycles. The number of hydrogen-bond acceptors (Lipinski definition) is 3. The van der Waals surface area contributed by atoms with E-state index in [4.69, 9.17) is 5.10 Å². The maximum Gasteiger partial charge on any atom is 0.125 e. The topological polar surface area (TPSA) is 29.9 Å². The van der Waals surface area contributed by atoms with Crippen molar-refractivity contribution in [2.24, 2.45) is 0 Å². The third kappa shape index (κ3) is 1.94. The number of aryl methyl sites for hydroxylation is 2. The highest BCUT2D eigenvalue weighted by Gasteiger charge is 2.24. The third-order valence-corrected chi connectivity index (χ3v) is 4.64. The van der Waals surface area contributed by atoms with E-state index in [1.165, 1.54) is 22.0 Å². The average Bonchev–Trinajstić information content (AvgIpc) is 2.94. The second-order valence-electron chi connectivity index (χ2n) is 4.91. The molecule has 3 rings (SSSR count). The van der Waals surface area contributed by atoms with Gasteiger partial charge in [0, 0.05) is 17.5 Å². The summed E-state index contributed by atoms with van der Waals surface area (Å²) in [6.07, 6.45) is 3.35. The minimum atomic E-state index is 0.423. The van der Waals surface area contributed by atoms with E-state index in [9.17, 15) is 0 Å². The van der Waals surface area contributed by atoms with Gasteiger partial charge in [0.1, 0.15) is 5.82 Å². The molecular formula is C14H19N3S. The summed E-state index contributed by atoms with van der Waals surface area (Å²) in [4.78, 5) is 1.46. The lowest BCUT2D eigenvalue weighted by Crippen LogP contribution is -2.24. The van der Waals surface area contributed by atoms with Gasteiger partial charge in [-0.15, -0.1) is 11.3 Å². The van der Waals surface area contributed by atoms with Crippen LogP contribution in [0.25, 0.3) is 0 Å². The van der Waals surface area contributed by atoms with Crippen LogP contribution in [0.1, 0.15) is 41.9 Å². The summed E-state index contributed by atoms with van der Waals surface area (Å²) in [5.74, 6) is 1.18. The minimum Gasteiger partial charge on any atom is -0.370 e. The van der Waals surface area contributed by atoms with Gasteiger partial charge in [0.15, 0.2) is 0 Å². The molecule has 3 heterocycles. The highest BCUT2D eigenvalue weighted by Crippen LogP contribution is 2.34. The summed E-state index contributed by atoms with van der Waals surface area (Å²) in [6.45, 7) is 5.44. The fourth-order valence-corrected chi connectivity index (χ4v) is 3.67. The molecule has 1 N–H and O–H groups in total. The number of nitrogens with zero attached hydrogens (tertiary/aromatic N) is 2. The average molecular weight is 261 g/mol. The first-order chi connectivity index (χ1) is 8.79. The lowest BCUT2D eigenvalue weighted by Gasteiger charge is -2.25. The minimum absolute atomic E-state index is 0.423. The van der Waals surface area contributed by atoms with Crippen LogP contribution in [0.2, 0.25) is 0 Å². The second-order valence-corrected chi connectivity index (χ2v) is 5.86. The lowest BCUT2D eigenvalue weighted by atomic mass is 10.1. The first kappa shape index (κ1) is 11.8. The molecule has 96 valence electrons. The highest BCUT2D eigenvalue weighted by molar-refractivity contribution is 7.10. The first-order valence-corrected chi connectivity index (χ1v) is 7.54. The molecule has 0 aromatic carbocycles. The Bertz CT molecular complexity index is 541. The van der Waals surface area contributed by atoms with E-state index in [1.54, 1.807) is 0 Å². The van der Waals surface area contributed by atoms with E-state index in [1.807, 2.05) is 11.3 Å². The van der Waals surface area contributed by atoms with Crippen LogP contribution in [0, 0.1) is 6.92 Å². The van der Waals surface area contributed by atoms with Crippen molar-refractivity contribution in [2.75, 3.05) is 11.9 Å². The van der Waals surface area contributed by atoms with Crippen molar-refractivity contribution in [2.45, 2.75) is 39.2 Å². The van der Waals surface area contributed by atoms with Gasteiger partial charge < -0.3 is 5.32 Å². The summed E-state index contributed by atoms with van der Waals surface area (Å²) >= 11 is 1.85. The summed E-state index contributed by atoms with van der Waals surface area (Å²) in [6, 6.07) is 4.84. The molecule has 0 fully saturated rings. The number of anilines is 1. The predicted octanol–water partition coefficient (Wildman–Crippen LogP) is 3.61. The zero-order chi connectivity index (χ0) is 12.5. The Hall–Kier alpha value is -1.29. The standard InChI is InChI=1S/C14H19N3S/c1-3-4-11-9-13-15-7-5-12(17(13)16-11)14-10(2)6-8-18-14/h6,8-9,12,15H,3-5,7H2,1-2H3. The molecule has 0 radical (unpaired) electrons. The maximum absolute atomic E-state index is 4.78. The maximum atomic E-state index is 4.78. The monoisotopic (exact) mass is 261 g/mol. The number of rotatable bonds is 3. The molecule has 0 saturated heterocycles. The van der Waals surface area contributed by atoms with Gasteiger partial charge in [-0.2, -0.15) is 5.10 Å². The lowest BCUT2D eigenvalue weighted by molar-refractivity contribution is 0.483. The zero-order valence-electron chi connectivity index (χ0n) is 10.9. The summed E-state index contributed by atoms with van der Waals surface area (Å²) in [5, 5.41) is 10.4. The highest BCUT2D eigenvalue weighted by atomic mass is 32.1. The van der Waals surface area contributed by atoms with Crippen LogP contribution in [0.5, 0.6) is 0 Å². The number of nitrogens with one attached hydrogen (secondary N) is 1. The van der Waals surface area contributed by atoms with E-state index in [-0.39, 0.29) is 0 Å². The largest absolute Gasteiger partial charge is 0.370 e. The van der Waals surface area contributed by atoms with Crippen LogP contribution < -0.4 is 5.32 Å².